The molecular weight excluding hydrogens is 1530 g/mol. The third-order valence-electron chi connectivity index (χ3n) is 19.5. The zero-order chi connectivity index (χ0) is 84.4. The van der Waals surface area contributed by atoms with Gasteiger partial charge < -0.3 is 106 Å². The Morgan fingerprint density at radius 1 is 0.353 bits per heavy atom. The Bertz CT molecular complexity index is 4760. The summed E-state index contributed by atoms with van der Waals surface area (Å²) in [4.78, 5) is 146. The fourth-order valence-electron chi connectivity index (χ4n) is 13.4. The number of aromatic amines is 4. The molecule has 6 aromatic carbocycles. The lowest BCUT2D eigenvalue weighted by Gasteiger charge is -2.21. The van der Waals surface area contributed by atoms with Crippen molar-refractivity contribution >= 4 is 114 Å². The van der Waals surface area contributed by atoms with Crippen LogP contribution in [0.5, 0.6) is 11.5 Å². The van der Waals surface area contributed by atoms with Crippen molar-refractivity contribution in [2.75, 3.05) is 103 Å². The molecule has 10 rings (SSSR count). The summed E-state index contributed by atoms with van der Waals surface area (Å²) in [5.74, 6) is -6.46. The zero-order valence-electron chi connectivity index (χ0n) is 67.3. The number of aliphatic carboxylic acids is 2. The first-order valence-electron chi connectivity index (χ1n) is 40.1. The number of hydrogen-bond acceptors (Lipinski definition) is 17. The second-order valence-corrected chi connectivity index (χ2v) is 29.4. The minimum atomic E-state index is -1.17. The highest BCUT2D eigenvalue weighted by atomic mass is 16.6. The van der Waals surface area contributed by atoms with Crippen molar-refractivity contribution in [1.82, 2.24) is 51.8 Å². The maximum Gasteiger partial charge on any atom is 0.326 e. The van der Waals surface area contributed by atoms with Crippen LogP contribution in [-0.4, -0.2) is 206 Å². The highest BCUT2D eigenvalue weighted by molar-refractivity contribution is 6.03. The molecule has 10 aromatic rings. The summed E-state index contributed by atoms with van der Waals surface area (Å²) in [5.41, 5.74) is 7.65. The fourth-order valence-corrected chi connectivity index (χ4v) is 13.4. The van der Waals surface area contributed by atoms with Gasteiger partial charge in [0.25, 0.3) is 11.8 Å². The van der Waals surface area contributed by atoms with Gasteiger partial charge in [0, 0.05) is 144 Å². The van der Waals surface area contributed by atoms with Gasteiger partial charge in [-0.05, 0) is 108 Å². The standard InChI is InChI=1S/C88H106N12O19/c1-55(2)45-75(87(109)110)99-83(105)57-21-23-71(77(49-57)118-33-29-59-51-91-67-17-9-5-13-63(59)67)97-85(107)73(47-61-53-93-69-19-11-7-15-65(61)69)95-81(103)27-25-79(101)89-31-35-113-37-39-115-41-43-117-44-42-116-40-38-114-36-32-90-80(102)26-28-82(104)96-74(48-62-54-94-70-20-12-8-16-66(62)70)86(108)98-72-24-22-58(84(106)100-76(88(111)112)46-56(3)4)50-78(72)119-34-30-60-52-92-68-18-10-6-14-64(60)68/h5-24,49-56,73-76,91-94H,25-48H2,1-4H3,(H,89,101)(H,90,102)(H,95,103)(H,96,104)(H,97,107)(H,98,108)(H,99,105)(H,100,106)(H,109,110)(H,111,112)/t73-,74-,75-,76-/m0/s1. The van der Waals surface area contributed by atoms with E-state index in [1.165, 1.54) is 36.4 Å². The lowest BCUT2D eigenvalue weighted by molar-refractivity contribution is -0.140. The third-order valence-corrected chi connectivity index (χ3v) is 19.5. The fraction of sp³-hybridized carbons (Fsp3) is 0.386. The van der Waals surface area contributed by atoms with Crippen molar-refractivity contribution in [2.24, 2.45) is 11.8 Å². The number of hydrogen-bond donors (Lipinski definition) is 14. The van der Waals surface area contributed by atoms with Crippen molar-refractivity contribution in [3.05, 3.63) is 192 Å². The number of H-pyrrole nitrogens is 4. The summed E-state index contributed by atoms with van der Waals surface area (Å²) in [6, 6.07) is 34.9. The van der Waals surface area contributed by atoms with Crippen LogP contribution >= 0.6 is 0 Å². The molecule has 0 unspecified atom stereocenters. The molecule has 8 amide bonds. The van der Waals surface area contributed by atoms with Gasteiger partial charge in [0.15, 0.2) is 0 Å². The lowest BCUT2D eigenvalue weighted by Crippen LogP contribution is -2.45. The number of para-hydroxylation sites is 4. The van der Waals surface area contributed by atoms with E-state index in [2.05, 4.69) is 62.5 Å². The number of ether oxygens (including phenoxy) is 7. The van der Waals surface area contributed by atoms with Crippen LogP contribution in [0.2, 0.25) is 0 Å². The van der Waals surface area contributed by atoms with E-state index in [0.29, 0.717) is 39.3 Å². The second kappa shape index (κ2) is 45.9. The van der Waals surface area contributed by atoms with Crippen LogP contribution < -0.4 is 52.0 Å². The van der Waals surface area contributed by atoms with Crippen LogP contribution in [0.4, 0.5) is 11.4 Å². The normalized spacial score (nSPS) is 12.4. The molecule has 0 radical (unpaired) electrons. The molecule has 4 heterocycles. The minimum absolute atomic E-state index is 0.0136. The number of amides is 8. The first-order chi connectivity index (χ1) is 57.6. The van der Waals surface area contributed by atoms with Crippen LogP contribution in [0.25, 0.3) is 43.6 Å². The summed E-state index contributed by atoms with van der Waals surface area (Å²) in [7, 11) is 0. The van der Waals surface area contributed by atoms with Crippen LogP contribution in [0.3, 0.4) is 0 Å². The second-order valence-electron chi connectivity index (χ2n) is 29.4. The monoisotopic (exact) mass is 1630 g/mol. The van der Waals surface area contributed by atoms with Gasteiger partial charge in [-0.15, -0.1) is 0 Å². The Morgan fingerprint density at radius 3 is 1.00 bits per heavy atom. The zero-order valence-corrected chi connectivity index (χ0v) is 67.3. The Labute approximate surface area is 688 Å². The number of nitrogens with one attached hydrogen (secondary N) is 12. The van der Waals surface area contributed by atoms with Gasteiger partial charge in [-0.25, -0.2) is 9.59 Å². The smallest absolute Gasteiger partial charge is 0.326 e. The average molecular weight is 1640 g/mol. The van der Waals surface area contributed by atoms with E-state index in [1.54, 1.807) is 12.4 Å². The van der Waals surface area contributed by atoms with Gasteiger partial charge in [-0.1, -0.05) is 100 Å². The molecule has 31 nitrogen and oxygen atoms in total. The van der Waals surface area contributed by atoms with Gasteiger partial charge in [0.1, 0.15) is 35.7 Å². The average Bonchev–Trinajstić information content (AvgIpc) is 1.35. The van der Waals surface area contributed by atoms with Crippen molar-refractivity contribution in [2.45, 2.75) is 116 Å². The van der Waals surface area contributed by atoms with E-state index in [1.807, 2.05) is 137 Å². The quantitative estimate of drug-likeness (QED) is 0.0158. The molecule has 0 fully saturated rings. The number of carboxylic acids is 2. The number of fused-ring (bicyclic) bond motifs is 4. The molecule has 0 aliphatic rings. The molecule has 0 aliphatic carbocycles. The molecule has 31 heteroatoms. The first-order valence-corrected chi connectivity index (χ1v) is 40.1. The maximum absolute atomic E-state index is 14.4. The molecule has 0 saturated heterocycles. The van der Waals surface area contributed by atoms with Crippen LogP contribution in [0.15, 0.2) is 158 Å². The van der Waals surface area contributed by atoms with E-state index >= 15 is 0 Å². The Kier molecular flexibility index (Phi) is 34.3. The number of carbonyl (C=O) groups is 10. The van der Waals surface area contributed by atoms with Crippen molar-refractivity contribution in [1.29, 1.82) is 0 Å². The van der Waals surface area contributed by atoms with E-state index in [9.17, 15) is 58.2 Å². The van der Waals surface area contributed by atoms with E-state index in [0.717, 1.165) is 65.9 Å². The predicted molar refractivity (Wildman–Crippen MR) is 448 cm³/mol. The van der Waals surface area contributed by atoms with Gasteiger partial charge in [-0.3, -0.25) is 38.4 Å². The van der Waals surface area contributed by atoms with Crippen LogP contribution in [0, 0.1) is 11.8 Å². The maximum atomic E-state index is 14.4. The Hall–Kier alpha value is -12.4. The van der Waals surface area contributed by atoms with Crippen molar-refractivity contribution in [3.63, 3.8) is 0 Å². The van der Waals surface area contributed by atoms with E-state index in [-0.39, 0.29) is 163 Å². The Morgan fingerprint density at radius 2 is 0.664 bits per heavy atom. The SMILES string of the molecule is CC(C)C[C@H](NC(=O)c1ccc(NC(=O)[C@H](Cc2c[nH]c3ccccc23)NC(=O)CCC(=O)NCCOCCOCCOCCOCCOCCNC(=O)CCC(=O)N[C@@H](Cc2c[nH]c3ccccc23)C(=O)Nc2ccc(C(=O)N[C@@H](CC(C)C)C(=O)O)cc2OCCc2c[nH]c3ccccc23)c(OCCc2c[nH]c3ccccc23)c1)C(=O)O. The molecule has 0 bridgehead atoms. The molecule has 632 valence electrons. The third kappa shape index (κ3) is 27.9. The molecule has 0 spiro atoms. The number of carboxylic acid groups (broad SMARTS) is 2. The summed E-state index contributed by atoms with van der Waals surface area (Å²) >= 11 is 0. The molecule has 0 aliphatic heterocycles. The van der Waals surface area contributed by atoms with Gasteiger partial charge in [-0.2, -0.15) is 0 Å². The number of benzene rings is 6. The summed E-state index contributed by atoms with van der Waals surface area (Å²) in [6.07, 6.45) is 7.98. The molecule has 4 atom stereocenters. The van der Waals surface area contributed by atoms with E-state index < -0.39 is 83.4 Å². The molecule has 4 aromatic heterocycles. The number of aromatic nitrogens is 4. The van der Waals surface area contributed by atoms with Gasteiger partial charge in [0.2, 0.25) is 35.4 Å². The van der Waals surface area contributed by atoms with Gasteiger partial charge >= 0.3 is 11.9 Å². The highest BCUT2D eigenvalue weighted by Crippen LogP contribution is 2.31. The Balaban J connectivity index is 0.583. The molecular formula is C88H106N12O19. The van der Waals surface area contributed by atoms with Crippen LogP contribution in [0.1, 0.15) is 109 Å². The number of carbonyl (C=O) groups excluding carboxylic acids is 8. The predicted octanol–water partition coefficient (Wildman–Crippen LogP) is 9.22. The minimum Gasteiger partial charge on any atom is -0.491 e. The molecule has 119 heavy (non-hydrogen) atoms. The topological polar surface area (TPSA) is 435 Å². The highest BCUT2D eigenvalue weighted by Gasteiger charge is 2.30. The molecule has 0 saturated carbocycles. The van der Waals surface area contributed by atoms with Gasteiger partial charge in [0.05, 0.1) is 90.7 Å². The summed E-state index contributed by atoms with van der Waals surface area (Å²) < 4.78 is 40.6. The van der Waals surface area contributed by atoms with Crippen LogP contribution in [-0.2, 0) is 87.7 Å². The van der Waals surface area contributed by atoms with Crippen molar-refractivity contribution in [3.8, 4) is 11.5 Å². The van der Waals surface area contributed by atoms with Crippen molar-refractivity contribution < 1.29 is 91.3 Å². The van der Waals surface area contributed by atoms with E-state index in [4.69, 9.17) is 33.2 Å². The molecule has 14 N–H and O–H groups in total. The summed E-state index contributed by atoms with van der Waals surface area (Å²) in [6.45, 7) is 10.7. The summed E-state index contributed by atoms with van der Waals surface area (Å²) in [5, 5.41) is 45.6. The first kappa shape index (κ1) is 88.9. The number of rotatable bonds is 52. The lowest BCUT2D eigenvalue weighted by atomic mass is 10.0. The largest absolute Gasteiger partial charge is 0.491 e. The number of anilines is 2.